The molecule has 3 atom stereocenters. The maximum atomic E-state index is 11.5. The third-order valence-electron chi connectivity index (χ3n) is 3.80. The smallest absolute Gasteiger partial charge is 0.312 e. The Morgan fingerprint density at radius 1 is 1.21 bits per heavy atom. The Kier molecular flexibility index (Phi) is 7.39. The fraction of sp³-hybridized carbons (Fsp3) is 0.933. The van der Waals surface area contributed by atoms with Gasteiger partial charge < -0.3 is 14.9 Å². The molecular formula is C15H28O4. The molecule has 0 saturated carbocycles. The second kappa shape index (κ2) is 8.54. The molecule has 0 aromatic carbocycles. The summed E-state index contributed by atoms with van der Waals surface area (Å²) in [6.07, 6.45) is 5.82. The van der Waals surface area contributed by atoms with Crippen LogP contribution in [0.3, 0.4) is 0 Å². The highest BCUT2D eigenvalue weighted by Gasteiger charge is 2.38. The molecule has 0 spiro atoms. The molecule has 1 aliphatic heterocycles. The highest BCUT2D eigenvalue weighted by atomic mass is 16.6. The van der Waals surface area contributed by atoms with Crippen LogP contribution in [0, 0.1) is 11.8 Å². The lowest BCUT2D eigenvalue weighted by Gasteiger charge is -2.14. The zero-order valence-electron chi connectivity index (χ0n) is 12.2. The molecule has 112 valence electrons. The Morgan fingerprint density at radius 2 is 1.84 bits per heavy atom. The van der Waals surface area contributed by atoms with Crippen LogP contribution in [0.25, 0.3) is 0 Å². The fourth-order valence-electron chi connectivity index (χ4n) is 2.57. The number of carbonyl (C=O) groups is 1. The van der Waals surface area contributed by atoms with Gasteiger partial charge in [0.25, 0.3) is 0 Å². The van der Waals surface area contributed by atoms with E-state index in [1.165, 1.54) is 19.3 Å². The summed E-state index contributed by atoms with van der Waals surface area (Å²) in [6.45, 7) is 4.31. The van der Waals surface area contributed by atoms with Crippen molar-refractivity contribution in [3.63, 3.8) is 0 Å². The van der Waals surface area contributed by atoms with E-state index in [9.17, 15) is 9.90 Å². The van der Waals surface area contributed by atoms with Gasteiger partial charge in [-0.25, -0.2) is 0 Å². The molecule has 0 aliphatic carbocycles. The lowest BCUT2D eigenvalue weighted by Crippen LogP contribution is -2.24. The standard InChI is InChI=1S/C15H28O4/c1-11(2)7-5-3-4-6-8-14(17)13-9-12(10-16)19-15(13)18/h11-14,16-17H,3-10H2,1-2H3/t12-,13-,14-/m1/s1. The number of rotatable bonds is 9. The summed E-state index contributed by atoms with van der Waals surface area (Å²) in [5.74, 6) is -0.0339. The molecule has 0 unspecified atom stereocenters. The van der Waals surface area contributed by atoms with E-state index in [4.69, 9.17) is 9.84 Å². The largest absolute Gasteiger partial charge is 0.460 e. The average molecular weight is 272 g/mol. The summed E-state index contributed by atoms with van der Waals surface area (Å²) in [5, 5.41) is 18.9. The molecule has 0 amide bonds. The third-order valence-corrected chi connectivity index (χ3v) is 3.80. The summed E-state index contributed by atoms with van der Waals surface area (Å²) in [4.78, 5) is 11.5. The van der Waals surface area contributed by atoms with E-state index in [0.717, 1.165) is 18.8 Å². The summed E-state index contributed by atoms with van der Waals surface area (Å²) < 4.78 is 4.97. The van der Waals surface area contributed by atoms with Crippen LogP contribution in [0.4, 0.5) is 0 Å². The van der Waals surface area contributed by atoms with Crippen LogP contribution in [0.15, 0.2) is 0 Å². The number of aliphatic hydroxyl groups excluding tert-OH is 2. The molecule has 0 bridgehead atoms. The minimum atomic E-state index is -0.617. The maximum absolute atomic E-state index is 11.5. The molecule has 0 radical (unpaired) electrons. The number of esters is 1. The number of unbranched alkanes of at least 4 members (excludes halogenated alkanes) is 3. The zero-order chi connectivity index (χ0) is 14.3. The number of ether oxygens (including phenoxy) is 1. The van der Waals surface area contributed by atoms with Crippen molar-refractivity contribution in [2.24, 2.45) is 11.8 Å². The summed E-state index contributed by atoms with van der Waals surface area (Å²) in [5.41, 5.74) is 0. The van der Waals surface area contributed by atoms with Crippen molar-refractivity contribution in [2.75, 3.05) is 6.61 Å². The van der Waals surface area contributed by atoms with Crippen LogP contribution < -0.4 is 0 Å². The van der Waals surface area contributed by atoms with Crippen LogP contribution in [0.5, 0.6) is 0 Å². The Bertz CT molecular complexity index is 265. The van der Waals surface area contributed by atoms with Crippen LogP contribution in [-0.4, -0.2) is 35.0 Å². The molecule has 2 N–H and O–H groups in total. The summed E-state index contributed by atoms with van der Waals surface area (Å²) in [6, 6.07) is 0. The second-order valence-corrected chi connectivity index (χ2v) is 6.04. The van der Waals surface area contributed by atoms with Crippen molar-refractivity contribution in [1.29, 1.82) is 0 Å². The molecule has 1 rings (SSSR count). The quantitative estimate of drug-likeness (QED) is 0.499. The van der Waals surface area contributed by atoms with Crippen LogP contribution in [0.1, 0.15) is 58.8 Å². The molecule has 4 nitrogen and oxygen atoms in total. The van der Waals surface area contributed by atoms with Crippen molar-refractivity contribution in [1.82, 2.24) is 0 Å². The second-order valence-electron chi connectivity index (χ2n) is 6.04. The van der Waals surface area contributed by atoms with Crippen LogP contribution in [0.2, 0.25) is 0 Å². The van der Waals surface area contributed by atoms with Crippen molar-refractivity contribution >= 4 is 5.97 Å². The number of aliphatic hydroxyl groups is 2. The van der Waals surface area contributed by atoms with Gasteiger partial charge in [-0.05, 0) is 12.3 Å². The van der Waals surface area contributed by atoms with E-state index in [1.54, 1.807) is 0 Å². The molecule has 1 fully saturated rings. The lowest BCUT2D eigenvalue weighted by molar-refractivity contribution is -0.147. The van der Waals surface area contributed by atoms with E-state index in [0.29, 0.717) is 12.8 Å². The minimum Gasteiger partial charge on any atom is -0.460 e. The Hall–Kier alpha value is -0.610. The molecular weight excluding hydrogens is 244 g/mol. The Balaban J connectivity index is 2.11. The van der Waals surface area contributed by atoms with Gasteiger partial charge in [0.2, 0.25) is 0 Å². The van der Waals surface area contributed by atoms with E-state index >= 15 is 0 Å². The van der Waals surface area contributed by atoms with Crippen molar-refractivity contribution < 1.29 is 19.7 Å². The normalized spacial score (nSPS) is 24.8. The van der Waals surface area contributed by atoms with E-state index in [2.05, 4.69) is 13.8 Å². The zero-order valence-corrected chi connectivity index (χ0v) is 12.2. The van der Waals surface area contributed by atoms with Crippen molar-refractivity contribution in [3.05, 3.63) is 0 Å². The van der Waals surface area contributed by atoms with Crippen molar-refractivity contribution in [2.45, 2.75) is 71.0 Å². The molecule has 1 aliphatic rings. The van der Waals surface area contributed by atoms with Gasteiger partial charge in [0.05, 0.1) is 18.6 Å². The first-order valence-corrected chi connectivity index (χ1v) is 7.54. The van der Waals surface area contributed by atoms with Crippen LogP contribution in [-0.2, 0) is 9.53 Å². The van der Waals surface area contributed by atoms with Gasteiger partial charge in [-0.2, -0.15) is 0 Å². The van der Waals surface area contributed by atoms with Gasteiger partial charge >= 0.3 is 5.97 Å². The average Bonchev–Trinajstić information content (AvgIpc) is 2.74. The third kappa shape index (κ3) is 5.91. The molecule has 1 heterocycles. The first-order valence-electron chi connectivity index (χ1n) is 7.54. The van der Waals surface area contributed by atoms with Gasteiger partial charge in [-0.3, -0.25) is 4.79 Å². The van der Waals surface area contributed by atoms with Crippen molar-refractivity contribution in [3.8, 4) is 0 Å². The number of hydrogen-bond donors (Lipinski definition) is 2. The van der Waals surface area contributed by atoms with Gasteiger partial charge in [0.15, 0.2) is 0 Å². The monoisotopic (exact) mass is 272 g/mol. The molecule has 0 aromatic heterocycles. The Morgan fingerprint density at radius 3 is 2.37 bits per heavy atom. The summed E-state index contributed by atoms with van der Waals surface area (Å²) in [7, 11) is 0. The Labute approximate surface area is 116 Å². The first-order chi connectivity index (χ1) is 9.04. The number of hydrogen-bond acceptors (Lipinski definition) is 4. The van der Waals surface area contributed by atoms with Gasteiger partial charge in [-0.15, -0.1) is 0 Å². The first kappa shape index (κ1) is 16.4. The minimum absolute atomic E-state index is 0.149. The maximum Gasteiger partial charge on any atom is 0.312 e. The van der Waals surface area contributed by atoms with E-state index in [1.807, 2.05) is 0 Å². The number of cyclic esters (lactones) is 1. The predicted molar refractivity (Wildman–Crippen MR) is 73.6 cm³/mol. The fourth-order valence-corrected chi connectivity index (χ4v) is 2.57. The van der Waals surface area contributed by atoms with Gasteiger partial charge in [0, 0.05) is 6.42 Å². The number of carbonyl (C=O) groups excluding carboxylic acids is 1. The molecule has 1 saturated heterocycles. The highest BCUT2D eigenvalue weighted by molar-refractivity contribution is 5.75. The molecule has 4 heteroatoms. The lowest BCUT2D eigenvalue weighted by atomic mass is 9.94. The SMILES string of the molecule is CC(C)CCCCCC[C@@H](O)[C@H]1C[C@H](CO)OC1=O. The van der Waals surface area contributed by atoms with E-state index < -0.39 is 18.1 Å². The molecule has 19 heavy (non-hydrogen) atoms. The highest BCUT2D eigenvalue weighted by Crippen LogP contribution is 2.26. The molecule has 0 aromatic rings. The topological polar surface area (TPSA) is 66.8 Å². The van der Waals surface area contributed by atoms with E-state index in [-0.39, 0.29) is 12.6 Å². The summed E-state index contributed by atoms with van der Waals surface area (Å²) >= 11 is 0. The van der Waals surface area contributed by atoms with Gasteiger partial charge in [-0.1, -0.05) is 46.0 Å². The van der Waals surface area contributed by atoms with Crippen LogP contribution >= 0.6 is 0 Å². The van der Waals surface area contributed by atoms with Gasteiger partial charge in [0.1, 0.15) is 6.10 Å². The predicted octanol–water partition coefficient (Wildman–Crippen LogP) is 2.27.